The first-order chi connectivity index (χ1) is 15.9. The molecule has 0 atom stereocenters. The second kappa shape index (κ2) is 10.1. The van der Waals surface area contributed by atoms with Gasteiger partial charge in [-0.2, -0.15) is 0 Å². The number of piperidine rings is 1. The van der Waals surface area contributed by atoms with Crippen molar-refractivity contribution in [1.29, 1.82) is 0 Å². The molecule has 0 spiro atoms. The van der Waals surface area contributed by atoms with Gasteiger partial charge < -0.3 is 15.0 Å². The Morgan fingerprint density at radius 1 is 1.12 bits per heavy atom. The van der Waals surface area contributed by atoms with Crippen molar-refractivity contribution in [1.82, 2.24) is 0 Å². The Hall–Kier alpha value is -3.69. The van der Waals surface area contributed by atoms with Crippen molar-refractivity contribution < 1.29 is 23.6 Å². The van der Waals surface area contributed by atoms with Crippen LogP contribution >= 0.6 is 0 Å². The zero-order chi connectivity index (χ0) is 25.0. The van der Waals surface area contributed by atoms with E-state index in [0.29, 0.717) is 11.6 Å². The summed E-state index contributed by atoms with van der Waals surface area (Å²) >= 11 is 0. The molecular formula is C24H29FN4O5. The van der Waals surface area contributed by atoms with Crippen LogP contribution < -0.4 is 15.5 Å². The quantitative estimate of drug-likeness (QED) is 0.434. The number of amides is 2. The summed E-state index contributed by atoms with van der Waals surface area (Å²) in [6.45, 7) is 8.68. The van der Waals surface area contributed by atoms with E-state index in [1.807, 2.05) is 4.90 Å². The third kappa shape index (κ3) is 6.43. The van der Waals surface area contributed by atoms with E-state index in [2.05, 4.69) is 17.6 Å². The van der Waals surface area contributed by atoms with Crippen LogP contribution in [0, 0.1) is 21.8 Å². The number of ether oxygens (including phenoxy) is 1. The number of nitrogens with one attached hydrogen (secondary N) is 2. The summed E-state index contributed by atoms with van der Waals surface area (Å²) in [5, 5.41) is 16.3. The summed E-state index contributed by atoms with van der Waals surface area (Å²) < 4.78 is 19.4. The van der Waals surface area contributed by atoms with Gasteiger partial charge in [0.1, 0.15) is 11.4 Å². The standard InChI is InChI=1S/C24H29FN4O5/c1-15-9-11-28(12-10-15)21-8-6-17(29(32)33)14-18(21)22(30)26-16-5-7-19(25)20(13-16)27-23(31)34-24(2,3)4/h5-8,13-15H,9-12H2,1-4H3,(H,26,30)(H,27,31). The number of nitro benzene ring substituents is 1. The highest BCUT2D eigenvalue weighted by Gasteiger charge is 2.24. The molecule has 2 aromatic rings. The number of benzene rings is 2. The zero-order valence-electron chi connectivity index (χ0n) is 19.7. The average Bonchev–Trinajstić information content (AvgIpc) is 2.75. The molecule has 0 aliphatic carbocycles. The van der Waals surface area contributed by atoms with Crippen LogP contribution in [0.1, 0.15) is 50.9 Å². The lowest BCUT2D eigenvalue weighted by atomic mass is 9.98. The predicted molar refractivity (Wildman–Crippen MR) is 128 cm³/mol. The van der Waals surface area contributed by atoms with E-state index in [4.69, 9.17) is 4.74 Å². The third-order valence-electron chi connectivity index (χ3n) is 5.42. The smallest absolute Gasteiger partial charge is 0.412 e. The van der Waals surface area contributed by atoms with E-state index in [1.165, 1.54) is 24.3 Å². The summed E-state index contributed by atoms with van der Waals surface area (Å²) in [5.41, 5.74) is -0.181. The largest absolute Gasteiger partial charge is 0.444 e. The molecule has 2 aromatic carbocycles. The van der Waals surface area contributed by atoms with Crippen LogP contribution in [-0.4, -0.2) is 35.6 Å². The SMILES string of the molecule is CC1CCN(c2ccc([N+](=O)[O-])cc2C(=O)Nc2ccc(F)c(NC(=O)OC(C)(C)C)c2)CC1. The summed E-state index contributed by atoms with van der Waals surface area (Å²) in [6.07, 6.45) is 1.07. The summed E-state index contributed by atoms with van der Waals surface area (Å²) in [7, 11) is 0. The molecule has 2 amide bonds. The molecule has 0 saturated carbocycles. The molecule has 0 unspecified atom stereocenters. The second-order valence-electron chi connectivity index (χ2n) is 9.40. The van der Waals surface area contributed by atoms with Crippen LogP contribution in [0.5, 0.6) is 0 Å². The molecule has 1 saturated heterocycles. The molecule has 2 N–H and O–H groups in total. The van der Waals surface area contributed by atoms with Gasteiger partial charge in [0, 0.05) is 30.9 Å². The van der Waals surface area contributed by atoms with E-state index in [0.717, 1.165) is 32.0 Å². The van der Waals surface area contributed by atoms with Crippen molar-refractivity contribution in [3.05, 3.63) is 57.9 Å². The lowest BCUT2D eigenvalue weighted by Gasteiger charge is -2.33. The number of rotatable bonds is 5. The minimum atomic E-state index is -0.838. The Labute approximate surface area is 197 Å². The van der Waals surface area contributed by atoms with Crippen molar-refractivity contribution in [3.63, 3.8) is 0 Å². The number of nitro groups is 1. The molecule has 0 aromatic heterocycles. The number of halogens is 1. The molecule has 1 aliphatic rings. The van der Waals surface area contributed by atoms with E-state index in [9.17, 15) is 24.1 Å². The maximum atomic E-state index is 14.2. The number of anilines is 3. The van der Waals surface area contributed by atoms with Gasteiger partial charge in [0.2, 0.25) is 0 Å². The van der Waals surface area contributed by atoms with Crippen LogP contribution in [0.2, 0.25) is 0 Å². The molecule has 3 rings (SSSR count). The average molecular weight is 473 g/mol. The molecule has 1 heterocycles. The fourth-order valence-electron chi connectivity index (χ4n) is 3.66. The number of hydrogen-bond acceptors (Lipinski definition) is 6. The van der Waals surface area contributed by atoms with Gasteiger partial charge in [0.25, 0.3) is 11.6 Å². The zero-order valence-corrected chi connectivity index (χ0v) is 19.7. The Morgan fingerprint density at radius 3 is 2.41 bits per heavy atom. The minimum absolute atomic E-state index is 0.148. The van der Waals surface area contributed by atoms with Crippen molar-refractivity contribution in [2.24, 2.45) is 5.92 Å². The van der Waals surface area contributed by atoms with Gasteiger partial charge in [-0.25, -0.2) is 9.18 Å². The van der Waals surface area contributed by atoms with Gasteiger partial charge in [-0.1, -0.05) is 6.92 Å². The van der Waals surface area contributed by atoms with Crippen molar-refractivity contribution in [3.8, 4) is 0 Å². The highest BCUT2D eigenvalue weighted by atomic mass is 19.1. The Bertz CT molecular complexity index is 1090. The van der Waals surface area contributed by atoms with Crippen LogP contribution in [0.3, 0.4) is 0 Å². The molecule has 34 heavy (non-hydrogen) atoms. The first-order valence-corrected chi connectivity index (χ1v) is 11.1. The second-order valence-corrected chi connectivity index (χ2v) is 9.40. The predicted octanol–water partition coefficient (Wildman–Crippen LogP) is 5.57. The van der Waals surface area contributed by atoms with Crippen molar-refractivity contribution >= 4 is 34.7 Å². The van der Waals surface area contributed by atoms with Crippen molar-refractivity contribution in [2.75, 3.05) is 28.6 Å². The van der Waals surface area contributed by atoms with Gasteiger partial charge >= 0.3 is 6.09 Å². The van der Waals surface area contributed by atoms with E-state index in [1.54, 1.807) is 26.8 Å². The Kier molecular flexibility index (Phi) is 7.38. The topological polar surface area (TPSA) is 114 Å². The maximum Gasteiger partial charge on any atom is 0.412 e. The number of carbonyl (C=O) groups is 2. The number of nitrogens with zero attached hydrogens (tertiary/aromatic N) is 2. The fraction of sp³-hybridized carbons (Fsp3) is 0.417. The fourth-order valence-corrected chi connectivity index (χ4v) is 3.66. The molecule has 1 aliphatic heterocycles. The summed E-state index contributed by atoms with van der Waals surface area (Å²) in [6, 6.07) is 7.91. The molecule has 10 heteroatoms. The van der Waals surface area contributed by atoms with E-state index >= 15 is 0 Å². The summed E-state index contributed by atoms with van der Waals surface area (Å²) in [5.74, 6) is -0.712. The highest BCUT2D eigenvalue weighted by molar-refractivity contribution is 6.09. The maximum absolute atomic E-state index is 14.2. The molecule has 182 valence electrons. The Balaban J connectivity index is 1.85. The van der Waals surface area contributed by atoms with Gasteiger partial charge in [-0.3, -0.25) is 20.2 Å². The van der Waals surface area contributed by atoms with Crippen LogP contribution in [0.25, 0.3) is 0 Å². The van der Waals surface area contributed by atoms with Crippen LogP contribution in [0.4, 0.5) is 31.9 Å². The summed E-state index contributed by atoms with van der Waals surface area (Å²) in [4.78, 5) is 38.0. The molecule has 0 radical (unpaired) electrons. The first kappa shape index (κ1) is 24.9. The lowest BCUT2D eigenvalue weighted by molar-refractivity contribution is -0.384. The monoisotopic (exact) mass is 472 g/mol. The van der Waals surface area contributed by atoms with Gasteiger partial charge in [-0.05, 0) is 63.8 Å². The van der Waals surface area contributed by atoms with Crippen LogP contribution in [-0.2, 0) is 4.74 Å². The molecule has 1 fully saturated rings. The molecule has 0 bridgehead atoms. The van der Waals surface area contributed by atoms with Gasteiger partial charge in [0.15, 0.2) is 0 Å². The van der Waals surface area contributed by atoms with E-state index in [-0.39, 0.29) is 22.6 Å². The van der Waals surface area contributed by atoms with Crippen LogP contribution in [0.15, 0.2) is 36.4 Å². The van der Waals surface area contributed by atoms with Crippen molar-refractivity contribution in [2.45, 2.75) is 46.1 Å². The first-order valence-electron chi connectivity index (χ1n) is 11.1. The number of hydrogen-bond donors (Lipinski definition) is 2. The third-order valence-corrected chi connectivity index (χ3v) is 5.42. The van der Waals surface area contributed by atoms with E-state index < -0.39 is 28.3 Å². The number of non-ortho nitro benzene ring substituents is 1. The highest BCUT2D eigenvalue weighted by Crippen LogP contribution is 2.30. The minimum Gasteiger partial charge on any atom is -0.444 e. The molecule has 9 nitrogen and oxygen atoms in total. The lowest BCUT2D eigenvalue weighted by Crippen LogP contribution is -2.34. The normalized spacial score (nSPS) is 14.4. The van der Waals surface area contributed by atoms with Gasteiger partial charge in [-0.15, -0.1) is 0 Å². The molecular weight excluding hydrogens is 443 g/mol. The van der Waals surface area contributed by atoms with Gasteiger partial charge in [0.05, 0.1) is 21.9 Å². The number of carbonyl (C=O) groups excluding carboxylic acids is 2. The Morgan fingerprint density at radius 2 is 1.79 bits per heavy atom.